The standard InChI is InChI=1S/C9H9ClF3NO/c1-15-7-3-2-5(10)4-6(7)8(14)9(11,12)13/h2-4,8H,14H2,1H3/t8-/m0/s1. The highest BCUT2D eigenvalue weighted by Crippen LogP contribution is 2.36. The predicted octanol–water partition coefficient (Wildman–Crippen LogP) is 2.91. The van der Waals surface area contributed by atoms with E-state index in [1.54, 1.807) is 0 Å². The lowest BCUT2D eigenvalue weighted by Crippen LogP contribution is -2.28. The quantitative estimate of drug-likeness (QED) is 0.861. The number of alkyl halides is 3. The second-order valence-corrected chi connectivity index (χ2v) is 3.34. The van der Waals surface area contributed by atoms with E-state index < -0.39 is 12.2 Å². The van der Waals surface area contributed by atoms with Crippen LogP contribution in [0.3, 0.4) is 0 Å². The van der Waals surface area contributed by atoms with Gasteiger partial charge in [0.2, 0.25) is 0 Å². The first-order chi connectivity index (χ1) is 6.86. The molecule has 0 amide bonds. The second kappa shape index (κ2) is 4.28. The van der Waals surface area contributed by atoms with Crippen molar-refractivity contribution in [3.63, 3.8) is 0 Å². The number of nitrogens with two attached hydrogens (primary N) is 1. The Morgan fingerprint density at radius 1 is 1.40 bits per heavy atom. The first kappa shape index (κ1) is 12.1. The van der Waals surface area contributed by atoms with Crippen LogP contribution in [0, 0.1) is 0 Å². The zero-order valence-electron chi connectivity index (χ0n) is 7.81. The second-order valence-electron chi connectivity index (χ2n) is 2.91. The number of rotatable bonds is 2. The average molecular weight is 240 g/mol. The summed E-state index contributed by atoms with van der Waals surface area (Å²) in [7, 11) is 1.27. The lowest BCUT2D eigenvalue weighted by molar-refractivity contribution is -0.149. The Kier molecular flexibility index (Phi) is 3.46. The Morgan fingerprint density at radius 3 is 2.47 bits per heavy atom. The van der Waals surface area contributed by atoms with Crippen LogP contribution in [0.5, 0.6) is 5.75 Å². The lowest BCUT2D eigenvalue weighted by atomic mass is 10.1. The Bertz CT molecular complexity index is 354. The molecule has 2 N–H and O–H groups in total. The number of ether oxygens (including phenoxy) is 1. The molecule has 0 saturated carbocycles. The molecular formula is C9H9ClF3NO. The highest BCUT2D eigenvalue weighted by atomic mass is 35.5. The SMILES string of the molecule is COc1ccc(Cl)cc1[C@H](N)C(F)(F)F. The van der Waals surface area contributed by atoms with Gasteiger partial charge in [-0.05, 0) is 18.2 Å². The topological polar surface area (TPSA) is 35.2 Å². The molecule has 1 rings (SSSR count). The highest BCUT2D eigenvalue weighted by molar-refractivity contribution is 6.30. The minimum atomic E-state index is -4.52. The van der Waals surface area contributed by atoms with Crippen molar-refractivity contribution >= 4 is 11.6 Å². The fraction of sp³-hybridized carbons (Fsp3) is 0.333. The van der Waals surface area contributed by atoms with Crippen molar-refractivity contribution < 1.29 is 17.9 Å². The summed E-state index contributed by atoms with van der Waals surface area (Å²) in [5, 5.41) is 0.186. The maximum absolute atomic E-state index is 12.4. The molecule has 0 saturated heterocycles. The van der Waals surface area contributed by atoms with Gasteiger partial charge in [-0.15, -0.1) is 0 Å². The van der Waals surface area contributed by atoms with E-state index in [1.807, 2.05) is 0 Å². The van der Waals surface area contributed by atoms with Crippen molar-refractivity contribution in [2.45, 2.75) is 12.2 Å². The minimum Gasteiger partial charge on any atom is -0.496 e. The Morgan fingerprint density at radius 2 is 2.00 bits per heavy atom. The van der Waals surface area contributed by atoms with Gasteiger partial charge in [0.15, 0.2) is 0 Å². The van der Waals surface area contributed by atoms with Gasteiger partial charge in [0.05, 0.1) is 7.11 Å². The van der Waals surface area contributed by atoms with E-state index in [9.17, 15) is 13.2 Å². The summed E-state index contributed by atoms with van der Waals surface area (Å²) < 4.78 is 41.9. The maximum atomic E-state index is 12.4. The van der Waals surface area contributed by atoms with Crippen LogP contribution >= 0.6 is 11.6 Å². The predicted molar refractivity (Wildman–Crippen MR) is 51.0 cm³/mol. The van der Waals surface area contributed by atoms with E-state index in [0.29, 0.717) is 0 Å². The van der Waals surface area contributed by atoms with Gasteiger partial charge < -0.3 is 10.5 Å². The number of halogens is 4. The molecule has 0 heterocycles. The van der Waals surface area contributed by atoms with Crippen molar-refractivity contribution in [3.8, 4) is 5.75 Å². The fourth-order valence-corrected chi connectivity index (χ4v) is 1.31. The highest BCUT2D eigenvalue weighted by Gasteiger charge is 2.39. The van der Waals surface area contributed by atoms with E-state index in [1.165, 1.54) is 19.2 Å². The molecule has 0 bridgehead atoms. The molecule has 0 unspecified atom stereocenters. The Hall–Kier alpha value is -0.940. The maximum Gasteiger partial charge on any atom is 0.407 e. The number of hydrogen-bond acceptors (Lipinski definition) is 2. The zero-order chi connectivity index (χ0) is 11.6. The van der Waals surface area contributed by atoms with Gasteiger partial charge >= 0.3 is 6.18 Å². The summed E-state index contributed by atoms with van der Waals surface area (Å²) in [5.74, 6) is 0.0734. The molecule has 6 heteroatoms. The van der Waals surface area contributed by atoms with E-state index >= 15 is 0 Å². The van der Waals surface area contributed by atoms with E-state index in [0.717, 1.165) is 6.07 Å². The molecule has 84 valence electrons. The first-order valence-corrected chi connectivity index (χ1v) is 4.39. The third-order valence-corrected chi connectivity index (χ3v) is 2.11. The normalized spacial score (nSPS) is 13.7. The van der Waals surface area contributed by atoms with Crippen LogP contribution in [0.15, 0.2) is 18.2 Å². The minimum absolute atomic E-state index is 0.0734. The van der Waals surface area contributed by atoms with E-state index in [4.69, 9.17) is 22.1 Å². The molecule has 1 atom stereocenters. The summed E-state index contributed by atoms with van der Waals surface area (Å²) in [5.41, 5.74) is 4.88. The summed E-state index contributed by atoms with van der Waals surface area (Å²) in [6.45, 7) is 0. The molecular weight excluding hydrogens is 231 g/mol. The van der Waals surface area contributed by atoms with Crippen LogP contribution < -0.4 is 10.5 Å². The molecule has 0 fully saturated rings. The van der Waals surface area contributed by atoms with Gasteiger partial charge in [-0.25, -0.2) is 0 Å². The van der Waals surface area contributed by atoms with Crippen molar-refractivity contribution in [2.24, 2.45) is 5.73 Å². The molecule has 0 radical (unpaired) electrons. The van der Waals surface area contributed by atoms with Gasteiger partial charge in [-0.3, -0.25) is 0 Å². The third kappa shape index (κ3) is 2.76. The molecule has 0 aliphatic carbocycles. The Balaban J connectivity index is 3.17. The third-order valence-electron chi connectivity index (χ3n) is 1.88. The molecule has 2 nitrogen and oxygen atoms in total. The van der Waals surface area contributed by atoms with Crippen LogP contribution in [-0.4, -0.2) is 13.3 Å². The summed E-state index contributed by atoms with van der Waals surface area (Å²) in [4.78, 5) is 0. The van der Waals surface area contributed by atoms with Crippen LogP contribution in [-0.2, 0) is 0 Å². The first-order valence-electron chi connectivity index (χ1n) is 4.02. The number of benzene rings is 1. The summed E-state index contributed by atoms with van der Waals surface area (Å²) >= 11 is 5.59. The van der Waals surface area contributed by atoms with Crippen LogP contribution in [0.1, 0.15) is 11.6 Å². The van der Waals surface area contributed by atoms with Crippen molar-refractivity contribution in [1.29, 1.82) is 0 Å². The van der Waals surface area contributed by atoms with E-state index in [-0.39, 0.29) is 16.3 Å². The van der Waals surface area contributed by atoms with Crippen molar-refractivity contribution in [2.75, 3.05) is 7.11 Å². The molecule has 0 spiro atoms. The Labute approximate surface area is 89.8 Å². The molecule has 15 heavy (non-hydrogen) atoms. The van der Waals surface area contributed by atoms with Gasteiger partial charge in [0, 0.05) is 10.6 Å². The van der Waals surface area contributed by atoms with Crippen LogP contribution in [0.2, 0.25) is 5.02 Å². The zero-order valence-corrected chi connectivity index (χ0v) is 8.56. The smallest absolute Gasteiger partial charge is 0.407 e. The molecule has 1 aromatic rings. The summed E-state index contributed by atoms with van der Waals surface area (Å²) in [6.07, 6.45) is -4.52. The van der Waals surface area contributed by atoms with Crippen LogP contribution in [0.4, 0.5) is 13.2 Å². The van der Waals surface area contributed by atoms with Crippen LogP contribution in [0.25, 0.3) is 0 Å². The lowest BCUT2D eigenvalue weighted by Gasteiger charge is -2.18. The van der Waals surface area contributed by atoms with Crippen molar-refractivity contribution in [3.05, 3.63) is 28.8 Å². The monoisotopic (exact) mass is 239 g/mol. The summed E-state index contributed by atoms with van der Waals surface area (Å²) in [6, 6.07) is 1.85. The van der Waals surface area contributed by atoms with Gasteiger partial charge in [-0.2, -0.15) is 13.2 Å². The molecule has 0 aliphatic heterocycles. The number of hydrogen-bond donors (Lipinski definition) is 1. The van der Waals surface area contributed by atoms with E-state index in [2.05, 4.69) is 0 Å². The van der Waals surface area contributed by atoms with Crippen molar-refractivity contribution in [1.82, 2.24) is 0 Å². The van der Waals surface area contributed by atoms with Gasteiger partial charge in [0.1, 0.15) is 11.8 Å². The average Bonchev–Trinajstić information content (AvgIpc) is 2.15. The van der Waals surface area contributed by atoms with Gasteiger partial charge in [0.25, 0.3) is 0 Å². The van der Waals surface area contributed by atoms with Gasteiger partial charge in [-0.1, -0.05) is 11.6 Å². The largest absolute Gasteiger partial charge is 0.496 e. The molecule has 0 aliphatic rings. The fourth-order valence-electron chi connectivity index (χ4n) is 1.12. The molecule has 1 aromatic carbocycles. The molecule has 0 aromatic heterocycles. The number of methoxy groups -OCH3 is 1.